The van der Waals surface area contributed by atoms with E-state index in [1.807, 2.05) is 48.5 Å². The van der Waals surface area contributed by atoms with Gasteiger partial charge in [-0.05, 0) is 30.3 Å². The van der Waals surface area contributed by atoms with Gasteiger partial charge in [0.1, 0.15) is 18.2 Å². The van der Waals surface area contributed by atoms with Crippen molar-refractivity contribution >= 4 is 38.8 Å². The highest BCUT2D eigenvalue weighted by Crippen LogP contribution is 2.35. The van der Waals surface area contributed by atoms with Crippen LogP contribution in [-0.4, -0.2) is 24.1 Å². The Bertz CT molecular complexity index is 1130. The number of thiazole rings is 1. The number of hydrogen-bond donors (Lipinski definition) is 1. The maximum absolute atomic E-state index is 12.6. The molecule has 2 aromatic heterocycles. The third-order valence-corrected chi connectivity index (χ3v) is 6.71. The van der Waals surface area contributed by atoms with Crippen LogP contribution >= 0.6 is 22.7 Å². The van der Waals surface area contributed by atoms with Crippen molar-refractivity contribution < 1.29 is 14.3 Å². The van der Waals surface area contributed by atoms with Crippen LogP contribution in [0.3, 0.4) is 0 Å². The molecule has 140 valence electrons. The number of fused-ring (bicyclic) bond motifs is 2. The predicted molar refractivity (Wildman–Crippen MR) is 112 cm³/mol. The van der Waals surface area contributed by atoms with Crippen molar-refractivity contribution in [2.45, 2.75) is 6.54 Å². The number of carbonyl (C=O) groups is 1. The minimum Gasteiger partial charge on any atom is -0.486 e. The second kappa shape index (κ2) is 7.26. The van der Waals surface area contributed by atoms with E-state index in [9.17, 15) is 4.79 Å². The number of thiophene rings is 1. The Balaban J connectivity index is 1.32. The summed E-state index contributed by atoms with van der Waals surface area (Å²) in [5.74, 6) is 1.34. The number of hydrogen-bond acceptors (Lipinski definition) is 6. The Morgan fingerprint density at radius 2 is 1.89 bits per heavy atom. The second-order valence-corrected chi connectivity index (χ2v) is 8.39. The third kappa shape index (κ3) is 3.23. The Morgan fingerprint density at radius 1 is 1.00 bits per heavy atom. The smallest absolute Gasteiger partial charge is 0.261 e. The van der Waals surface area contributed by atoms with Gasteiger partial charge in [-0.15, -0.1) is 22.7 Å². The molecule has 5 nitrogen and oxygen atoms in total. The minimum atomic E-state index is -0.105. The molecule has 5 rings (SSSR count). The molecular weight excluding hydrogens is 392 g/mol. The molecular formula is C21H16N2O3S2. The van der Waals surface area contributed by atoms with Crippen LogP contribution < -0.4 is 14.8 Å². The summed E-state index contributed by atoms with van der Waals surface area (Å²) in [4.78, 5) is 18.9. The van der Waals surface area contributed by atoms with Gasteiger partial charge in [0.25, 0.3) is 5.91 Å². The van der Waals surface area contributed by atoms with Crippen molar-refractivity contribution in [2.24, 2.45) is 0 Å². The highest BCUT2D eigenvalue weighted by molar-refractivity contribution is 7.26. The van der Waals surface area contributed by atoms with E-state index in [4.69, 9.17) is 9.47 Å². The van der Waals surface area contributed by atoms with Gasteiger partial charge in [0.15, 0.2) is 11.5 Å². The lowest BCUT2D eigenvalue weighted by Crippen LogP contribution is -2.23. The first-order valence-electron chi connectivity index (χ1n) is 8.89. The third-order valence-electron chi connectivity index (χ3n) is 4.42. The van der Waals surface area contributed by atoms with Gasteiger partial charge in [-0.3, -0.25) is 4.79 Å². The molecule has 4 aromatic rings. The van der Waals surface area contributed by atoms with E-state index in [-0.39, 0.29) is 5.91 Å². The highest BCUT2D eigenvalue weighted by atomic mass is 32.1. The molecule has 1 aliphatic rings. The van der Waals surface area contributed by atoms with E-state index in [1.165, 1.54) is 11.3 Å². The highest BCUT2D eigenvalue weighted by Gasteiger charge is 2.17. The fraction of sp³-hybridized carbons (Fsp3) is 0.143. The van der Waals surface area contributed by atoms with Crippen molar-refractivity contribution in [1.82, 2.24) is 10.3 Å². The molecule has 3 heterocycles. The summed E-state index contributed by atoms with van der Waals surface area (Å²) >= 11 is 3.09. The molecule has 0 radical (unpaired) electrons. The van der Waals surface area contributed by atoms with E-state index < -0.39 is 0 Å². The Morgan fingerprint density at radius 3 is 2.82 bits per heavy atom. The van der Waals surface area contributed by atoms with Crippen molar-refractivity contribution in [3.63, 3.8) is 0 Å². The van der Waals surface area contributed by atoms with Gasteiger partial charge < -0.3 is 14.8 Å². The average molecular weight is 409 g/mol. The molecule has 7 heteroatoms. The largest absolute Gasteiger partial charge is 0.486 e. The molecule has 0 atom stereocenters. The number of ether oxygens (including phenoxy) is 2. The van der Waals surface area contributed by atoms with E-state index in [0.29, 0.717) is 24.6 Å². The number of benzene rings is 2. The number of nitrogens with one attached hydrogen (secondary N) is 1. The van der Waals surface area contributed by atoms with Crippen molar-refractivity contribution in [1.29, 1.82) is 0 Å². The number of aromatic nitrogens is 1. The van der Waals surface area contributed by atoms with Gasteiger partial charge in [-0.1, -0.05) is 24.3 Å². The molecule has 0 fully saturated rings. The maximum atomic E-state index is 12.6. The van der Waals surface area contributed by atoms with Crippen LogP contribution in [0.1, 0.15) is 15.2 Å². The quantitative estimate of drug-likeness (QED) is 0.531. The SMILES string of the molecule is O=C(NCc1cccc2c1OCCO2)c1ccc(-c2nc3ccccc3s2)s1. The van der Waals surface area contributed by atoms with E-state index >= 15 is 0 Å². The molecule has 0 unspecified atom stereocenters. The normalized spacial score (nSPS) is 12.9. The van der Waals surface area contributed by atoms with E-state index in [2.05, 4.69) is 16.4 Å². The summed E-state index contributed by atoms with van der Waals surface area (Å²) in [5, 5.41) is 3.91. The number of amides is 1. The molecule has 2 aromatic carbocycles. The first kappa shape index (κ1) is 17.2. The number of rotatable bonds is 4. The van der Waals surface area contributed by atoms with Gasteiger partial charge in [0.2, 0.25) is 0 Å². The van der Waals surface area contributed by atoms with Crippen LogP contribution in [-0.2, 0) is 6.54 Å². The van der Waals surface area contributed by atoms with Gasteiger partial charge >= 0.3 is 0 Å². The predicted octanol–water partition coefficient (Wildman–Crippen LogP) is 4.73. The summed E-state index contributed by atoms with van der Waals surface area (Å²) in [6.07, 6.45) is 0. The first-order chi connectivity index (χ1) is 13.8. The van der Waals surface area contributed by atoms with E-state index in [0.717, 1.165) is 37.2 Å². The van der Waals surface area contributed by atoms with Gasteiger partial charge in [-0.2, -0.15) is 0 Å². The molecule has 28 heavy (non-hydrogen) atoms. The molecule has 0 bridgehead atoms. The Hall–Kier alpha value is -2.90. The Labute approximate surface area is 169 Å². The van der Waals surface area contributed by atoms with Crippen LogP contribution in [0.4, 0.5) is 0 Å². The van der Waals surface area contributed by atoms with Crippen molar-refractivity contribution in [3.8, 4) is 21.4 Å². The summed E-state index contributed by atoms with van der Waals surface area (Å²) in [5.41, 5.74) is 1.89. The maximum Gasteiger partial charge on any atom is 0.261 e. The van der Waals surface area contributed by atoms with Gasteiger partial charge in [0, 0.05) is 12.1 Å². The Kier molecular flexibility index (Phi) is 4.46. The molecule has 0 saturated carbocycles. The lowest BCUT2D eigenvalue weighted by atomic mass is 10.1. The van der Waals surface area contributed by atoms with E-state index in [1.54, 1.807) is 11.3 Å². The summed E-state index contributed by atoms with van der Waals surface area (Å²) in [6, 6.07) is 17.6. The topological polar surface area (TPSA) is 60.5 Å². The molecule has 1 aliphatic heterocycles. The van der Waals surface area contributed by atoms with Crippen LogP contribution in [0.25, 0.3) is 20.1 Å². The zero-order valence-corrected chi connectivity index (χ0v) is 16.4. The first-order valence-corrected chi connectivity index (χ1v) is 10.5. The van der Waals surface area contributed by atoms with Crippen LogP contribution in [0.5, 0.6) is 11.5 Å². The second-order valence-electron chi connectivity index (χ2n) is 6.27. The molecule has 0 saturated heterocycles. The average Bonchev–Trinajstić information content (AvgIpc) is 3.39. The zero-order chi connectivity index (χ0) is 18.9. The molecule has 0 aliphatic carbocycles. The molecule has 0 spiro atoms. The van der Waals surface area contributed by atoms with Crippen molar-refractivity contribution in [3.05, 3.63) is 65.0 Å². The molecule has 1 N–H and O–H groups in total. The number of carbonyl (C=O) groups excluding carboxylic acids is 1. The number of para-hydroxylation sites is 2. The number of nitrogens with zero attached hydrogens (tertiary/aromatic N) is 1. The van der Waals surface area contributed by atoms with Gasteiger partial charge in [-0.25, -0.2) is 4.98 Å². The summed E-state index contributed by atoms with van der Waals surface area (Å²) < 4.78 is 12.4. The standard InChI is InChI=1S/C21H16N2O3S2/c24-20(22-12-13-4-3-6-15-19(13)26-11-10-25-15)17-8-9-18(27-17)21-23-14-5-1-2-7-16(14)28-21/h1-9H,10-12H2,(H,22,24). The fourth-order valence-electron chi connectivity index (χ4n) is 3.09. The van der Waals surface area contributed by atoms with Crippen LogP contribution in [0.15, 0.2) is 54.6 Å². The lowest BCUT2D eigenvalue weighted by Gasteiger charge is -2.21. The summed E-state index contributed by atoms with van der Waals surface area (Å²) in [7, 11) is 0. The minimum absolute atomic E-state index is 0.105. The van der Waals surface area contributed by atoms with Crippen LogP contribution in [0, 0.1) is 0 Å². The zero-order valence-electron chi connectivity index (χ0n) is 14.8. The molecule has 1 amide bonds. The van der Waals surface area contributed by atoms with Gasteiger partial charge in [0.05, 0.1) is 20.0 Å². The van der Waals surface area contributed by atoms with Crippen LogP contribution in [0.2, 0.25) is 0 Å². The lowest BCUT2D eigenvalue weighted by molar-refractivity contribution is 0.0954. The fourth-order valence-corrected chi connectivity index (χ4v) is 5.03. The van der Waals surface area contributed by atoms with Crippen molar-refractivity contribution in [2.75, 3.05) is 13.2 Å². The summed E-state index contributed by atoms with van der Waals surface area (Å²) in [6.45, 7) is 1.46. The monoisotopic (exact) mass is 408 g/mol.